The zero-order valence-electron chi connectivity index (χ0n) is 12.1. The predicted octanol–water partition coefficient (Wildman–Crippen LogP) is 4.22. The van der Waals surface area contributed by atoms with Gasteiger partial charge in [-0.15, -0.1) is 0 Å². The van der Waals surface area contributed by atoms with Crippen LogP contribution in [0.2, 0.25) is 0 Å². The van der Waals surface area contributed by atoms with Gasteiger partial charge in [-0.2, -0.15) is 0 Å². The molecule has 0 fully saturated rings. The minimum Gasteiger partial charge on any atom is -0.497 e. The van der Waals surface area contributed by atoms with Crippen molar-refractivity contribution in [3.8, 4) is 5.75 Å². The first-order valence-corrected chi connectivity index (χ1v) is 6.34. The molecule has 0 unspecified atom stereocenters. The van der Waals surface area contributed by atoms with Gasteiger partial charge in [-0.05, 0) is 24.3 Å². The maximum Gasteiger partial charge on any atom is 0.349 e. The molecule has 0 aliphatic heterocycles. The largest absolute Gasteiger partial charge is 0.497 e. The third kappa shape index (κ3) is 3.08. The molecule has 0 aliphatic carbocycles. The number of rotatable bonds is 4. The molecule has 2 rings (SSSR count). The van der Waals surface area contributed by atoms with Crippen molar-refractivity contribution < 1.29 is 36.2 Å². The third-order valence-electron chi connectivity index (χ3n) is 3.04. The summed E-state index contributed by atoms with van der Waals surface area (Å²) in [5.41, 5.74) is -1.45. The Labute approximate surface area is 132 Å². The molecule has 0 heterocycles. The lowest BCUT2D eigenvalue weighted by molar-refractivity contribution is 0.0678. The Morgan fingerprint density at radius 1 is 0.875 bits per heavy atom. The number of ether oxygens (including phenoxy) is 2. The van der Waals surface area contributed by atoms with Gasteiger partial charge in [0, 0.05) is 5.56 Å². The number of carbonyl (C=O) groups excluding carboxylic acids is 1. The highest BCUT2D eigenvalue weighted by molar-refractivity contribution is 5.93. The molecular formula is C16H9F5O3. The van der Waals surface area contributed by atoms with Gasteiger partial charge in [0.2, 0.25) is 5.82 Å². The minimum atomic E-state index is -2.37. The summed E-state index contributed by atoms with van der Waals surface area (Å²) >= 11 is 0. The van der Waals surface area contributed by atoms with Gasteiger partial charge in [0.1, 0.15) is 17.1 Å². The number of carbonyl (C=O) groups is 1. The van der Waals surface area contributed by atoms with Crippen molar-refractivity contribution in [3.63, 3.8) is 0 Å². The molecule has 0 N–H and O–H groups in total. The molecular weight excluding hydrogens is 335 g/mol. The second-order valence-corrected chi connectivity index (χ2v) is 4.49. The van der Waals surface area contributed by atoms with Gasteiger partial charge < -0.3 is 9.47 Å². The van der Waals surface area contributed by atoms with Crippen molar-refractivity contribution in [1.82, 2.24) is 0 Å². The summed E-state index contributed by atoms with van der Waals surface area (Å²) in [7, 11) is 1.42. The summed E-state index contributed by atoms with van der Waals surface area (Å²) < 4.78 is 75.7. The van der Waals surface area contributed by atoms with E-state index in [1.54, 1.807) is 0 Å². The molecule has 0 amide bonds. The van der Waals surface area contributed by atoms with Crippen LogP contribution in [0, 0.1) is 29.1 Å². The lowest BCUT2D eigenvalue weighted by atomic mass is 10.1. The first kappa shape index (κ1) is 17.5. The van der Waals surface area contributed by atoms with E-state index in [1.807, 2.05) is 0 Å². The minimum absolute atomic E-state index is 0.244. The zero-order chi connectivity index (χ0) is 18.0. The first-order valence-electron chi connectivity index (χ1n) is 6.34. The lowest BCUT2D eigenvalue weighted by Gasteiger charge is -2.10. The van der Waals surface area contributed by atoms with E-state index < -0.39 is 40.6 Å². The van der Waals surface area contributed by atoms with Crippen molar-refractivity contribution in [1.29, 1.82) is 0 Å². The highest BCUT2D eigenvalue weighted by Crippen LogP contribution is 2.26. The van der Waals surface area contributed by atoms with Gasteiger partial charge in [0.15, 0.2) is 23.3 Å². The van der Waals surface area contributed by atoms with Crippen LogP contribution >= 0.6 is 0 Å². The highest BCUT2D eigenvalue weighted by Gasteiger charge is 2.31. The summed E-state index contributed by atoms with van der Waals surface area (Å²) in [5, 5.41) is 0. The Morgan fingerprint density at radius 2 is 1.33 bits per heavy atom. The van der Waals surface area contributed by atoms with Crippen LogP contribution < -0.4 is 4.74 Å². The fraction of sp³-hybridized carbons (Fsp3) is 0.0625. The van der Waals surface area contributed by atoms with E-state index in [0.717, 1.165) is 0 Å². The smallest absolute Gasteiger partial charge is 0.349 e. The van der Waals surface area contributed by atoms with E-state index in [4.69, 9.17) is 4.74 Å². The van der Waals surface area contributed by atoms with Crippen LogP contribution in [0.3, 0.4) is 0 Å². The topological polar surface area (TPSA) is 35.5 Å². The van der Waals surface area contributed by atoms with Gasteiger partial charge in [0.25, 0.3) is 0 Å². The Morgan fingerprint density at radius 3 is 1.79 bits per heavy atom. The van der Waals surface area contributed by atoms with Gasteiger partial charge in [-0.1, -0.05) is 6.58 Å². The van der Waals surface area contributed by atoms with Gasteiger partial charge in [0.05, 0.1) is 7.11 Å². The Balaban J connectivity index is 2.31. The summed E-state index contributed by atoms with van der Waals surface area (Å²) in [4.78, 5) is 11.8. The molecule has 3 nitrogen and oxygen atoms in total. The van der Waals surface area contributed by atoms with E-state index in [9.17, 15) is 26.7 Å². The SMILES string of the molecule is C=C(OC(=O)c1c(F)c(F)c(F)c(F)c1F)c1ccc(OC)cc1. The molecule has 8 heteroatoms. The summed E-state index contributed by atoms with van der Waals surface area (Å²) in [6.07, 6.45) is 0. The zero-order valence-corrected chi connectivity index (χ0v) is 12.1. The van der Waals surface area contributed by atoms with E-state index >= 15 is 0 Å². The van der Waals surface area contributed by atoms with E-state index in [-0.39, 0.29) is 11.3 Å². The molecule has 126 valence electrons. The monoisotopic (exact) mass is 344 g/mol. The molecule has 0 saturated heterocycles. The Hall–Kier alpha value is -2.90. The van der Waals surface area contributed by atoms with Gasteiger partial charge >= 0.3 is 5.97 Å². The third-order valence-corrected chi connectivity index (χ3v) is 3.04. The molecule has 0 atom stereocenters. The van der Waals surface area contributed by atoms with E-state index in [0.29, 0.717) is 5.75 Å². The lowest BCUT2D eigenvalue weighted by Crippen LogP contribution is -2.14. The van der Waals surface area contributed by atoms with Gasteiger partial charge in [-0.25, -0.2) is 26.7 Å². The molecule has 0 aromatic heterocycles. The van der Waals surface area contributed by atoms with Crippen LogP contribution in [0.1, 0.15) is 15.9 Å². The standard InChI is InChI=1S/C16H9F5O3/c1-7(8-3-5-9(23-2)6-4-8)24-16(22)10-11(17)13(19)15(21)14(20)12(10)18/h3-6H,1H2,2H3. The maximum absolute atomic E-state index is 13.5. The average molecular weight is 344 g/mol. The molecule has 0 spiro atoms. The van der Waals surface area contributed by atoms with Gasteiger partial charge in [-0.3, -0.25) is 0 Å². The fourth-order valence-electron chi connectivity index (χ4n) is 1.78. The van der Waals surface area contributed by atoms with Crippen LogP contribution in [0.4, 0.5) is 22.0 Å². The molecule has 0 aliphatic rings. The molecule has 2 aromatic carbocycles. The van der Waals surface area contributed by atoms with E-state index in [1.165, 1.54) is 31.4 Å². The fourth-order valence-corrected chi connectivity index (χ4v) is 1.78. The quantitative estimate of drug-likeness (QED) is 0.274. The molecule has 0 saturated carbocycles. The predicted molar refractivity (Wildman–Crippen MR) is 73.7 cm³/mol. The Bertz CT molecular complexity index is 786. The van der Waals surface area contributed by atoms with Crippen LogP contribution in [-0.4, -0.2) is 13.1 Å². The van der Waals surface area contributed by atoms with Crippen LogP contribution in [0.5, 0.6) is 5.75 Å². The van der Waals surface area contributed by atoms with Crippen molar-refractivity contribution >= 4 is 11.7 Å². The second-order valence-electron chi connectivity index (χ2n) is 4.49. The highest BCUT2D eigenvalue weighted by atomic mass is 19.2. The van der Waals surface area contributed by atoms with Crippen molar-refractivity contribution in [3.05, 3.63) is 71.1 Å². The van der Waals surface area contributed by atoms with Crippen LogP contribution in [0.25, 0.3) is 5.76 Å². The number of hydrogen-bond acceptors (Lipinski definition) is 3. The number of halogens is 5. The van der Waals surface area contributed by atoms with Crippen molar-refractivity contribution in [2.75, 3.05) is 7.11 Å². The van der Waals surface area contributed by atoms with Crippen molar-refractivity contribution in [2.24, 2.45) is 0 Å². The summed E-state index contributed by atoms with van der Waals surface area (Å²) in [6, 6.07) is 5.83. The number of benzene rings is 2. The summed E-state index contributed by atoms with van der Waals surface area (Å²) in [5.74, 6) is -13.0. The second kappa shape index (κ2) is 6.69. The summed E-state index contributed by atoms with van der Waals surface area (Å²) in [6.45, 7) is 3.38. The molecule has 0 bridgehead atoms. The molecule has 0 radical (unpaired) electrons. The number of methoxy groups -OCH3 is 1. The van der Waals surface area contributed by atoms with Crippen molar-refractivity contribution in [2.45, 2.75) is 0 Å². The molecule has 2 aromatic rings. The average Bonchev–Trinajstić information content (AvgIpc) is 2.58. The number of esters is 1. The first-order chi connectivity index (χ1) is 11.3. The van der Waals surface area contributed by atoms with Crippen LogP contribution in [-0.2, 0) is 4.74 Å². The van der Waals surface area contributed by atoms with E-state index in [2.05, 4.69) is 11.3 Å². The normalized spacial score (nSPS) is 10.4. The maximum atomic E-state index is 13.5. The number of hydrogen-bond donors (Lipinski definition) is 0. The molecule has 24 heavy (non-hydrogen) atoms. The van der Waals surface area contributed by atoms with Crippen LogP contribution in [0.15, 0.2) is 30.8 Å². The Kier molecular flexibility index (Phi) is 4.87.